The number of ether oxygens (including phenoxy) is 1. The van der Waals surface area contributed by atoms with Gasteiger partial charge in [0.15, 0.2) is 0 Å². The zero-order valence-electron chi connectivity index (χ0n) is 17.5. The number of esters is 1. The van der Waals surface area contributed by atoms with Gasteiger partial charge in [0.05, 0.1) is 16.7 Å². The molecule has 0 aliphatic rings. The fourth-order valence-electron chi connectivity index (χ4n) is 3.17. The van der Waals surface area contributed by atoms with Crippen LogP contribution < -0.4 is 9.57 Å². The summed E-state index contributed by atoms with van der Waals surface area (Å²) in [4.78, 5) is 14.9. The quantitative estimate of drug-likeness (QED) is 0.175. The van der Waals surface area contributed by atoms with Crippen molar-refractivity contribution in [3.63, 3.8) is 0 Å². The van der Waals surface area contributed by atoms with Gasteiger partial charge in [0.25, 0.3) is 10.0 Å². The summed E-state index contributed by atoms with van der Waals surface area (Å²) in [6.07, 6.45) is 1.33. The van der Waals surface area contributed by atoms with E-state index in [-0.39, 0.29) is 10.6 Å². The topological polar surface area (TPSA) is 84.8 Å². The van der Waals surface area contributed by atoms with Crippen LogP contribution in [-0.2, 0) is 10.0 Å². The van der Waals surface area contributed by atoms with Gasteiger partial charge >= 0.3 is 5.97 Å². The molecule has 4 aromatic carbocycles. The van der Waals surface area contributed by atoms with Gasteiger partial charge in [-0.1, -0.05) is 59.6 Å². The highest BCUT2D eigenvalue weighted by Crippen LogP contribution is 2.27. The first-order valence-electron chi connectivity index (χ1n) is 9.94. The van der Waals surface area contributed by atoms with Crippen molar-refractivity contribution >= 4 is 44.6 Å². The van der Waals surface area contributed by atoms with Crippen LogP contribution in [-0.4, -0.2) is 20.6 Å². The van der Waals surface area contributed by atoms with E-state index in [1.54, 1.807) is 18.2 Å². The minimum atomic E-state index is -3.90. The van der Waals surface area contributed by atoms with Gasteiger partial charge in [-0.3, -0.25) is 0 Å². The number of carbonyl (C=O) groups is 1. The first kappa shape index (κ1) is 22.5. The van der Waals surface area contributed by atoms with Crippen molar-refractivity contribution in [1.29, 1.82) is 0 Å². The fourth-order valence-corrected chi connectivity index (χ4v) is 4.09. The second kappa shape index (κ2) is 9.44. The Hall–Kier alpha value is -3.68. The first-order valence-corrected chi connectivity index (χ1v) is 11.8. The molecule has 0 saturated heterocycles. The molecule has 0 radical (unpaired) electrons. The summed E-state index contributed by atoms with van der Waals surface area (Å²) < 4.78 is 30.7. The lowest BCUT2D eigenvalue weighted by Gasteiger charge is -2.11. The smallest absolute Gasteiger partial charge is 0.343 e. The molecule has 166 valence electrons. The summed E-state index contributed by atoms with van der Waals surface area (Å²) in [7, 11) is -3.90. The number of sulfonamides is 1. The molecule has 1 N–H and O–H groups in total. The van der Waals surface area contributed by atoms with Crippen LogP contribution in [0.15, 0.2) is 94.9 Å². The highest BCUT2D eigenvalue weighted by molar-refractivity contribution is 7.89. The number of fused-ring (bicyclic) bond motifs is 1. The summed E-state index contributed by atoms with van der Waals surface area (Å²) in [5.41, 5.74) is 1.89. The molecule has 0 aliphatic heterocycles. The van der Waals surface area contributed by atoms with E-state index >= 15 is 0 Å². The summed E-state index contributed by atoms with van der Waals surface area (Å²) in [5, 5.41) is 5.99. The molecule has 0 atom stereocenters. The van der Waals surface area contributed by atoms with Crippen LogP contribution in [0.3, 0.4) is 0 Å². The minimum Gasteiger partial charge on any atom is -0.422 e. The van der Waals surface area contributed by atoms with E-state index in [4.69, 9.17) is 16.3 Å². The SMILES string of the molecule is Cc1ccc(C(=O)Oc2ccc3ccccc3c2/C=N/NS(=O)(=O)c2ccc(Cl)cc2)cc1. The number of aryl methyl sites for hydroxylation is 1. The zero-order chi connectivity index (χ0) is 23.4. The molecule has 4 aromatic rings. The van der Waals surface area contributed by atoms with Crippen molar-refractivity contribution in [3.8, 4) is 5.75 Å². The van der Waals surface area contributed by atoms with Crippen molar-refractivity contribution in [2.24, 2.45) is 5.10 Å². The Kier molecular flexibility index (Phi) is 6.44. The third-order valence-electron chi connectivity index (χ3n) is 4.91. The second-order valence-corrected chi connectivity index (χ2v) is 9.36. The minimum absolute atomic E-state index is 0.0213. The van der Waals surface area contributed by atoms with Crippen LogP contribution in [0.4, 0.5) is 0 Å². The third kappa shape index (κ3) is 5.22. The van der Waals surface area contributed by atoms with Gasteiger partial charge in [-0.2, -0.15) is 13.5 Å². The van der Waals surface area contributed by atoms with E-state index < -0.39 is 16.0 Å². The number of nitrogens with zero attached hydrogens (tertiary/aromatic N) is 1. The Morgan fingerprint density at radius 3 is 2.36 bits per heavy atom. The zero-order valence-corrected chi connectivity index (χ0v) is 19.1. The van der Waals surface area contributed by atoms with Crippen molar-refractivity contribution in [2.75, 3.05) is 0 Å². The number of rotatable bonds is 6. The molecule has 0 aromatic heterocycles. The van der Waals surface area contributed by atoms with E-state index in [1.165, 1.54) is 30.5 Å². The van der Waals surface area contributed by atoms with Crippen LogP contribution in [0.25, 0.3) is 10.8 Å². The van der Waals surface area contributed by atoms with Gasteiger partial charge < -0.3 is 4.74 Å². The average Bonchev–Trinajstić information content (AvgIpc) is 2.81. The molecule has 0 fully saturated rings. The maximum atomic E-state index is 12.7. The molecule has 0 aliphatic carbocycles. The molecule has 0 amide bonds. The lowest BCUT2D eigenvalue weighted by molar-refractivity contribution is 0.0734. The van der Waals surface area contributed by atoms with Crippen LogP contribution in [0.1, 0.15) is 21.5 Å². The number of benzene rings is 4. The lowest BCUT2D eigenvalue weighted by Crippen LogP contribution is -2.18. The van der Waals surface area contributed by atoms with Crippen LogP contribution >= 0.6 is 11.6 Å². The summed E-state index contributed by atoms with van der Waals surface area (Å²) in [6, 6.07) is 23.7. The van der Waals surface area contributed by atoms with Gasteiger partial charge in [0, 0.05) is 10.6 Å². The normalized spacial score (nSPS) is 11.6. The van der Waals surface area contributed by atoms with Gasteiger partial charge in [-0.05, 0) is 60.2 Å². The molecular formula is C25H19ClN2O4S. The van der Waals surface area contributed by atoms with Gasteiger partial charge in [-0.15, -0.1) is 0 Å². The Balaban J connectivity index is 1.65. The Bertz CT molecular complexity index is 1450. The molecule has 6 nitrogen and oxygen atoms in total. The summed E-state index contributed by atoms with van der Waals surface area (Å²) >= 11 is 5.83. The summed E-state index contributed by atoms with van der Waals surface area (Å²) in [5.74, 6) is -0.268. The largest absolute Gasteiger partial charge is 0.422 e. The monoisotopic (exact) mass is 478 g/mol. The van der Waals surface area contributed by atoms with E-state index in [9.17, 15) is 13.2 Å². The third-order valence-corrected chi connectivity index (χ3v) is 6.40. The molecule has 33 heavy (non-hydrogen) atoms. The number of hydrogen-bond donors (Lipinski definition) is 1. The van der Waals surface area contributed by atoms with E-state index in [1.807, 2.05) is 49.4 Å². The molecular weight excluding hydrogens is 460 g/mol. The van der Waals surface area contributed by atoms with Crippen LogP contribution in [0.2, 0.25) is 5.02 Å². The maximum Gasteiger partial charge on any atom is 0.343 e. The number of hydrazone groups is 1. The fraction of sp³-hybridized carbons (Fsp3) is 0.0400. The van der Waals surface area contributed by atoms with Crippen molar-refractivity contribution in [1.82, 2.24) is 4.83 Å². The van der Waals surface area contributed by atoms with Gasteiger partial charge in [-0.25, -0.2) is 9.63 Å². The van der Waals surface area contributed by atoms with Crippen molar-refractivity contribution < 1.29 is 17.9 Å². The lowest BCUT2D eigenvalue weighted by atomic mass is 10.0. The summed E-state index contributed by atoms with van der Waals surface area (Å²) in [6.45, 7) is 1.93. The van der Waals surface area contributed by atoms with Crippen molar-refractivity contribution in [3.05, 3.63) is 107 Å². The predicted octanol–water partition coefficient (Wildman–Crippen LogP) is 5.33. The molecule has 4 rings (SSSR count). The molecule has 0 heterocycles. The number of hydrogen-bond acceptors (Lipinski definition) is 5. The molecule has 0 unspecified atom stereocenters. The Labute approximate surface area is 196 Å². The second-order valence-electron chi connectivity index (χ2n) is 7.26. The van der Waals surface area contributed by atoms with E-state index in [0.717, 1.165) is 16.3 Å². The highest BCUT2D eigenvalue weighted by Gasteiger charge is 2.15. The molecule has 0 saturated carbocycles. The molecule has 0 bridgehead atoms. The number of nitrogens with one attached hydrogen (secondary N) is 1. The maximum absolute atomic E-state index is 12.7. The molecule has 0 spiro atoms. The molecule has 8 heteroatoms. The average molecular weight is 479 g/mol. The standard InChI is InChI=1S/C25H19ClN2O4S/c1-17-6-8-19(9-7-17)25(29)32-24-15-10-18-4-2-3-5-22(18)23(24)16-27-28-33(30,31)21-13-11-20(26)12-14-21/h2-16,28H,1H3/b27-16+. The van der Waals surface area contributed by atoms with Gasteiger partial charge in [0.1, 0.15) is 5.75 Å². The number of halogens is 1. The Morgan fingerprint density at radius 1 is 0.939 bits per heavy atom. The van der Waals surface area contributed by atoms with Crippen LogP contribution in [0.5, 0.6) is 5.75 Å². The Morgan fingerprint density at radius 2 is 1.64 bits per heavy atom. The first-order chi connectivity index (χ1) is 15.8. The van der Waals surface area contributed by atoms with Crippen molar-refractivity contribution in [2.45, 2.75) is 11.8 Å². The van der Waals surface area contributed by atoms with Crippen LogP contribution in [0, 0.1) is 6.92 Å². The number of carbonyl (C=O) groups excluding carboxylic acids is 1. The van der Waals surface area contributed by atoms with Gasteiger partial charge in [0.2, 0.25) is 0 Å². The van der Waals surface area contributed by atoms with E-state index in [0.29, 0.717) is 16.1 Å². The highest BCUT2D eigenvalue weighted by atomic mass is 35.5. The van der Waals surface area contributed by atoms with E-state index in [2.05, 4.69) is 9.93 Å². The predicted molar refractivity (Wildman–Crippen MR) is 129 cm³/mol.